The number of ether oxygens (including phenoxy) is 1. The molecule has 1 spiro atoms. The molecule has 1 heterocycles. The first-order valence-electron chi connectivity index (χ1n) is 6.62. The molecular formula is C14H20O2. The second kappa shape index (κ2) is 3.99. The van der Waals surface area contributed by atoms with E-state index in [0.29, 0.717) is 18.1 Å². The lowest BCUT2D eigenvalue weighted by Crippen LogP contribution is -2.45. The van der Waals surface area contributed by atoms with Crippen LogP contribution in [0.1, 0.15) is 51.4 Å². The maximum absolute atomic E-state index is 11.2. The molecule has 2 aliphatic carbocycles. The highest BCUT2D eigenvalue weighted by Gasteiger charge is 2.43. The first-order valence-corrected chi connectivity index (χ1v) is 6.62. The number of rotatable bonds is 1. The van der Waals surface area contributed by atoms with Crippen LogP contribution in [-0.2, 0) is 9.53 Å². The van der Waals surface area contributed by atoms with E-state index < -0.39 is 0 Å². The summed E-state index contributed by atoms with van der Waals surface area (Å²) in [5, 5.41) is 0. The molecule has 2 fully saturated rings. The van der Waals surface area contributed by atoms with Crippen molar-refractivity contribution in [2.24, 2.45) is 5.92 Å². The minimum Gasteiger partial charge on any atom is -0.375 e. The molecule has 3 rings (SSSR count). The Bertz CT molecular complexity index is 326. The van der Waals surface area contributed by atoms with Crippen LogP contribution in [0.2, 0.25) is 0 Å². The van der Waals surface area contributed by atoms with Gasteiger partial charge in [0.05, 0.1) is 5.60 Å². The third-order valence-corrected chi connectivity index (χ3v) is 4.57. The Kier molecular flexibility index (Phi) is 2.62. The second-order valence-corrected chi connectivity index (χ2v) is 5.60. The van der Waals surface area contributed by atoms with Crippen LogP contribution in [0.15, 0.2) is 11.6 Å². The first-order chi connectivity index (χ1) is 7.77. The molecule has 0 bridgehead atoms. The lowest BCUT2D eigenvalue weighted by Gasteiger charge is -2.48. The zero-order valence-corrected chi connectivity index (χ0v) is 9.84. The molecule has 2 nitrogen and oxygen atoms in total. The fourth-order valence-electron chi connectivity index (χ4n) is 3.37. The van der Waals surface area contributed by atoms with Crippen molar-refractivity contribution < 1.29 is 9.53 Å². The van der Waals surface area contributed by atoms with Crippen molar-refractivity contribution in [3.8, 4) is 0 Å². The molecule has 0 aromatic rings. The van der Waals surface area contributed by atoms with Gasteiger partial charge in [-0.05, 0) is 44.4 Å². The molecule has 0 N–H and O–H groups in total. The summed E-state index contributed by atoms with van der Waals surface area (Å²) in [5.74, 6) is 1.12. The molecule has 0 amide bonds. The highest BCUT2D eigenvalue weighted by atomic mass is 16.5. The van der Waals surface area contributed by atoms with E-state index in [2.05, 4.69) is 6.08 Å². The molecular weight excluding hydrogens is 200 g/mol. The van der Waals surface area contributed by atoms with Gasteiger partial charge in [-0.15, -0.1) is 0 Å². The molecule has 88 valence electrons. The summed E-state index contributed by atoms with van der Waals surface area (Å²) in [5.41, 5.74) is 1.79. The number of carbonyl (C=O) groups is 1. The molecule has 1 atom stereocenters. The lowest BCUT2D eigenvalue weighted by molar-refractivity contribution is -0.139. The number of hydrogen-bond donors (Lipinski definition) is 0. The highest BCUT2D eigenvalue weighted by Crippen LogP contribution is 2.46. The standard InChI is InChI=1S/C14H20O2/c15-13-4-2-11(3-5-13)12-6-9-16-14(10-12)7-1-8-14/h2,12H,1,3-10H2. The van der Waals surface area contributed by atoms with Crippen LogP contribution < -0.4 is 0 Å². The van der Waals surface area contributed by atoms with Crippen LogP contribution >= 0.6 is 0 Å². The van der Waals surface area contributed by atoms with Crippen molar-refractivity contribution in [1.29, 1.82) is 0 Å². The Morgan fingerprint density at radius 3 is 2.81 bits per heavy atom. The van der Waals surface area contributed by atoms with Crippen LogP contribution in [0.3, 0.4) is 0 Å². The van der Waals surface area contributed by atoms with Gasteiger partial charge in [0, 0.05) is 19.4 Å². The van der Waals surface area contributed by atoms with Gasteiger partial charge >= 0.3 is 0 Å². The van der Waals surface area contributed by atoms with Crippen LogP contribution in [0.5, 0.6) is 0 Å². The smallest absolute Gasteiger partial charge is 0.136 e. The summed E-state index contributed by atoms with van der Waals surface area (Å²) in [7, 11) is 0. The zero-order chi connectivity index (χ0) is 11.0. The normalized spacial score (nSPS) is 33.4. The predicted octanol–water partition coefficient (Wildman–Crippen LogP) is 3.02. The minimum atomic E-state index is 0.241. The van der Waals surface area contributed by atoms with E-state index in [-0.39, 0.29) is 5.60 Å². The maximum atomic E-state index is 11.2. The lowest BCUT2D eigenvalue weighted by atomic mass is 9.69. The van der Waals surface area contributed by atoms with Gasteiger partial charge in [-0.3, -0.25) is 4.79 Å². The average molecular weight is 220 g/mol. The number of hydrogen-bond acceptors (Lipinski definition) is 2. The van der Waals surface area contributed by atoms with Crippen LogP contribution in [0.4, 0.5) is 0 Å². The summed E-state index contributed by atoms with van der Waals surface area (Å²) in [6.07, 6.45) is 10.9. The van der Waals surface area contributed by atoms with Gasteiger partial charge in [-0.25, -0.2) is 0 Å². The zero-order valence-electron chi connectivity index (χ0n) is 9.84. The van der Waals surface area contributed by atoms with Gasteiger partial charge in [0.2, 0.25) is 0 Å². The van der Waals surface area contributed by atoms with Crippen molar-refractivity contribution >= 4 is 5.78 Å². The topological polar surface area (TPSA) is 26.3 Å². The average Bonchev–Trinajstić information content (AvgIpc) is 2.28. The quantitative estimate of drug-likeness (QED) is 0.635. The van der Waals surface area contributed by atoms with Crippen LogP contribution in [0.25, 0.3) is 0 Å². The maximum Gasteiger partial charge on any atom is 0.136 e. The van der Waals surface area contributed by atoms with E-state index in [1.807, 2.05) is 0 Å². The molecule has 0 aromatic carbocycles. The Balaban J connectivity index is 1.68. The van der Waals surface area contributed by atoms with Gasteiger partial charge in [-0.1, -0.05) is 11.6 Å². The van der Waals surface area contributed by atoms with Crippen LogP contribution in [-0.4, -0.2) is 18.0 Å². The summed E-state index contributed by atoms with van der Waals surface area (Å²) in [6.45, 7) is 0.927. The van der Waals surface area contributed by atoms with E-state index >= 15 is 0 Å². The van der Waals surface area contributed by atoms with E-state index in [4.69, 9.17) is 4.74 Å². The summed E-state index contributed by atoms with van der Waals surface area (Å²) < 4.78 is 5.95. The molecule has 1 aliphatic heterocycles. The van der Waals surface area contributed by atoms with Gasteiger partial charge in [-0.2, -0.15) is 0 Å². The van der Waals surface area contributed by atoms with E-state index in [1.54, 1.807) is 5.57 Å². The largest absolute Gasteiger partial charge is 0.375 e. The van der Waals surface area contributed by atoms with Crippen molar-refractivity contribution in [3.05, 3.63) is 11.6 Å². The third kappa shape index (κ3) is 1.84. The monoisotopic (exact) mass is 220 g/mol. The van der Waals surface area contributed by atoms with E-state index in [0.717, 1.165) is 19.4 Å². The number of ketones is 1. The molecule has 1 saturated heterocycles. The molecule has 1 saturated carbocycles. The minimum absolute atomic E-state index is 0.241. The van der Waals surface area contributed by atoms with Gasteiger partial charge in [0.25, 0.3) is 0 Å². The molecule has 0 radical (unpaired) electrons. The van der Waals surface area contributed by atoms with E-state index in [9.17, 15) is 4.79 Å². The number of carbonyl (C=O) groups excluding carboxylic acids is 1. The van der Waals surface area contributed by atoms with Gasteiger partial charge in [0.15, 0.2) is 0 Å². The fraction of sp³-hybridized carbons (Fsp3) is 0.786. The molecule has 3 aliphatic rings. The summed E-state index contributed by atoms with van der Waals surface area (Å²) in [4.78, 5) is 11.2. The molecule has 2 heteroatoms. The van der Waals surface area contributed by atoms with Gasteiger partial charge < -0.3 is 4.74 Å². The van der Waals surface area contributed by atoms with Crippen molar-refractivity contribution in [1.82, 2.24) is 0 Å². The summed E-state index contributed by atoms with van der Waals surface area (Å²) in [6, 6.07) is 0. The SMILES string of the molecule is O=C1CC=C(C2CCOC3(CCC3)C2)CC1. The van der Waals surface area contributed by atoms with Crippen molar-refractivity contribution in [2.45, 2.75) is 57.0 Å². The Morgan fingerprint density at radius 1 is 1.31 bits per heavy atom. The Labute approximate surface area is 97.1 Å². The van der Waals surface area contributed by atoms with Crippen LogP contribution in [0, 0.1) is 5.92 Å². The molecule has 16 heavy (non-hydrogen) atoms. The number of allylic oxidation sites excluding steroid dienone is 2. The fourth-order valence-corrected chi connectivity index (χ4v) is 3.37. The van der Waals surface area contributed by atoms with Gasteiger partial charge in [0.1, 0.15) is 5.78 Å². The predicted molar refractivity (Wildman–Crippen MR) is 62.2 cm³/mol. The van der Waals surface area contributed by atoms with Crippen molar-refractivity contribution in [3.63, 3.8) is 0 Å². The molecule has 1 unspecified atom stereocenters. The molecule has 0 aromatic heterocycles. The Hall–Kier alpha value is -0.630. The third-order valence-electron chi connectivity index (χ3n) is 4.57. The van der Waals surface area contributed by atoms with E-state index in [1.165, 1.54) is 32.1 Å². The van der Waals surface area contributed by atoms with Crippen molar-refractivity contribution in [2.75, 3.05) is 6.61 Å². The number of Topliss-reactive ketones (excluding diaryl/α,β-unsaturated/α-hetero) is 1. The Morgan fingerprint density at radius 2 is 2.19 bits per heavy atom. The second-order valence-electron chi connectivity index (χ2n) is 5.60. The summed E-state index contributed by atoms with van der Waals surface area (Å²) >= 11 is 0. The highest BCUT2D eigenvalue weighted by molar-refractivity contribution is 5.81. The first kappa shape index (κ1) is 10.5.